The van der Waals surface area contributed by atoms with Gasteiger partial charge in [-0.2, -0.15) is 17.6 Å². The molecule has 142 valence electrons. The van der Waals surface area contributed by atoms with E-state index in [0.29, 0.717) is 18.8 Å². The first kappa shape index (κ1) is 18.9. The Morgan fingerprint density at radius 2 is 1.76 bits per heavy atom. The molecule has 1 nitrogen and oxygen atoms in total. The summed E-state index contributed by atoms with van der Waals surface area (Å²) < 4.78 is 61.1. The summed E-state index contributed by atoms with van der Waals surface area (Å²) in [4.78, 5) is 0. The first-order valence-electron chi connectivity index (χ1n) is 9.62. The number of hydrogen-bond acceptors (Lipinski definition) is 1. The number of allylic oxidation sites excluding steroid dienone is 3. The van der Waals surface area contributed by atoms with E-state index in [1.54, 1.807) is 0 Å². The molecule has 0 radical (unpaired) electrons. The maximum absolute atomic E-state index is 14.1. The van der Waals surface area contributed by atoms with Gasteiger partial charge < -0.3 is 4.74 Å². The van der Waals surface area contributed by atoms with Crippen LogP contribution in [0, 0.1) is 17.8 Å². The van der Waals surface area contributed by atoms with Crippen molar-refractivity contribution in [3.63, 3.8) is 0 Å². The molecule has 0 N–H and O–H groups in total. The Morgan fingerprint density at radius 3 is 2.36 bits per heavy atom. The van der Waals surface area contributed by atoms with Crippen LogP contribution in [0.5, 0.6) is 0 Å². The molecule has 0 amide bonds. The van der Waals surface area contributed by atoms with E-state index < -0.39 is 23.3 Å². The van der Waals surface area contributed by atoms with Crippen LogP contribution in [0.1, 0.15) is 58.3 Å². The lowest BCUT2D eigenvalue weighted by atomic mass is 9.75. The average Bonchev–Trinajstić information content (AvgIpc) is 2.59. The van der Waals surface area contributed by atoms with Crippen LogP contribution in [0.25, 0.3) is 0 Å². The summed E-state index contributed by atoms with van der Waals surface area (Å²) in [6, 6.07) is 0. The first-order valence-corrected chi connectivity index (χ1v) is 9.62. The largest absolute Gasteiger partial charge is 0.377 e. The Morgan fingerprint density at radius 1 is 1.04 bits per heavy atom. The van der Waals surface area contributed by atoms with Crippen molar-refractivity contribution in [1.82, 2.24) is 0 Å². The summed E-state index contributed by atoms with van der Waals surface area (Å²) in [5.74, 6) is -7.51. The fraction of sp³-hybridized carbons (Fsp3) is 0.800. The smallest absolute Gasteiger partial charge is 0.335 e. The molecular weight excluding hydrogens is 332 g/mol. The van der Waals surface area contributed by atoms with E-state index in [4.69, 9.17) is 4.74 Å². The number of halogens is 4. The van der Waals surface area contributed by atoms with Crippen LogP contribution in [-0.4, -0.2) is 24.6 Å². The van der Waals surface area contributed by atoms with Crippen LogP contribution in [0.2, 0.25) is 0 Å². The summed E-state index contributed by atoms with van der Waals surface area (Å²) >= 11 is 0. The Balaban J connectivity index is 1.54. The number of rotatable bonds is 4. The standard InChI is InChI=1S/C20H28F4O/c1-2-4-14-6-8-15(9-7-14)18-11-10-16(13-25-18)17-5-3-12-19(21,22)20(17,23)24/h3,5,12,14-16,18H,2,4,6-11,13H2,1H3. The van der Waals surface area contributed by atoms with Gasteiger partial charge in [-0.25, -0.2) is 0 Å². The van der Waals surface area contributed by atoms with Crippen molar-refractivity contribution >= 4 is 0 Å². The Hall–Kier alpha value is -0.840. The SMILES string of the molecule is CCCC1CCC(C2CCC(C3=CC=CC(F)(F)C3(F)F)CO2)CC1. The van der Waals surface area contributed by atoms with Crippen molar-refractivity contribution < 1.29 is 22.3 Å². The van der Waals surface area contributed by atoms with Crippen molar-refractivity contribution in [2.75, 3.05) is 6.61 Å². The molecular formula is C20H28F4O. The zero-order valence-corrected chi connectivity index (χ0v) is 14.8. The third-order valence-corrected chi connectivity index (χ3v) is 6.23. The molecule has 1 saturated heterocycles. The molecule has 0 aromatic rings. The molecule has 0 aromatic heterocycles. The summed E-state index contributed by atoms with van der Waals surface area (Å²) in [6.07, 6.45) is 11.0. The van der Waals surface area contributed by atoms with E-state index in [0.717, 1.165) is 30.9 Å². The fourth-order valence-corrected chi connectivity index (χ4v) is 4.71. The summed E-state index contributed by atoms with van der Waals surface area (Å²) in [5, 5.41) is 0. The molecule has 2 atom stereocenters. The van der Waals surface area contributed by atoms with Crippen molar-refractivity contribution in [2.24, 2.45) is 17.8 Å². The molecule has 2 unspecified atom stereocenters. The van der Waals surface area contributed by atoms with E-state index in [9.17, 15) is 17.6 Å². The van der Waals surface area contributed by atoms with Gasteiger partial charge in [0.05, 0.1) is 12.7 Å². The maximum atomic E-state index is 14.1. The van der Waals surface area contributed by atoms with Gasteiger partial charge in [0.1, 0.15) is 0 Å². The minimum Gasteiger partial charge on any atom is -0.377 e. The molecule has 0 spiro atoms. The average molecular weight is 360 g/mol. The van der Waals surface area contributed by atoms with Crippen molar-refractivity contribution in [2.45, 2.75) is 76.2 Å². The lowest BCUT2D eigenvalue weighted by Crippen LogP contribution is -2.46. The molecule has 5 heteroatoms. The zero-order valence-electron chi connectivity index (χ0n) is 14.8. The minimum absolute atomic E-state index is 0.104. The molecule has 2 aliphatic carbocycles. The van der Waals surface area contributed by atoms with Gasteiger partial charge in [-0.3, -0.25) is 0 Å². The molecule has 0 aromatic carbocycles. The van der Waals surface area contributed by atoms with Gasteiger partial charge in [0.25, 0.3) is 0 Å². The van der Waals surface area contributed by atoms with Crippen LogP contribution in [0.15, 0.2) is 23.8 Å². The second-order valence-electron chi connectivity index (χ2n) is 7.89. The third kappa shape index (κ3) is 3.81. The predicted molar refractivity (Wildman–Crippen MR) is 89.9 cm³/mol. The maximum Gasteiger partial charge on any atom is 0.335 e. The highest BCUT2D eigenvalue weighted by Gasteiger charge is 2.59. The van der Waals surface area contributed by atoms with Crippen LogP contribution < -0.4 is 0 Å². The molecule has 3 aliphatic rings. The van der Waals surface area contributed by atoms with E-state index >= 15 is 0 Å². The summed E-state index contributed by atoms with van der Waals surface area (Å²) in [7, 11) is 0. The lowest BCUT2D eigenvalue weighted by molar-refractivity contribution is -0.165. The highest BCUT2D eigenvalue weighted by atomic mass is 19.3. The number of alkyl halides is 4. The molecule has 0 bridgehead atoms. The fourth-order valence-electron chi connectivity index (χ4n) is 4.71. The van der Waals surface area contributed by atoms with Gasteiger partial charge >= 0.3 is 11.8 Å². The molecule has 1 aliphatic heterocycles. The third-order valence-electron chi connectivity index (χ3n) is 6.23. The van der Waals surface area contributed by atoms with Gasteiger partial charge in [0, 0.05) is 11.5 Å². The highest BCUT2D eigenvalue weighted by molar-refractivity contribution is 5.33. The summed E-state index contributed by atoms with van der Waals surface area (Å²) in [6.45, 7) is 2.34. The normalized spacial score (nSPS) is 37.6. The van der Waals surface area contributed by atoms with Gasteiger partial charge in [-0.1, -0.05) is 44.8 Å². The topological polar surface area (TPSA) is 9.23 Å². The van der Waals surface area contributed by atoms with Crippen LogP contribution in [-0.2, 0) is 4.74 Å². The first-order chi connectivity index (χ1) is 11.8. The molecule has 3 rings (SSSR count). The van der Waals surface area contributed by atoms with E-state index in [1.807, 2.05) is 0 Å². The number of ether oxygens (including phenoxy) is 1. The Bertz CT molecular complexity index is 510. The van der Waals surface area contributed by atoms with Crippen LogP contribution >= 0.6 is 0 Å². The molecule has 2 fully saturated rings. The quantitative estimate of drug-likeness (QED) is 0.546. The van der Waals surface area contributed by atoms with Gasteiger partial charge in [-0.05, 0) is 43.6 Å². The van der Waals surface area contributed by atoms with Crippen molar-refractivity contribution in [1.29, 1.82) is 0 Å². The Kier molecular flexibility index (Phi) is 5.62. The predicted octanol–water partition coefficient (Wildman–Crippen LogP) is 6.15. The van der Waals surface area contributed by atoms with Crippen molar-refractivity contribution in [3.8, 4) is 0 Å². The second-order valence-corrected chi connectivity index (χ2v) is 7.89. The van der Waals surface area contributed by atoms with Crippen LogP contribution in [0.3, 0.4) is 0 Å². The molecule has 25 heavy (non-hydrogen) atoms. The monoisotopic (exact) mass is 360 g/mol. The summed E-state index contributed by atoms with van der Waals surface area (Å²) in [5.41, 5.74) is -0.467. The number of hydrogen-bond donors (Lipinski definition) is 0. The molecule has 1 heterocycles. The Labute approximate surface area is 147 Å². The molecule has 1 saturated carbocycles. The van der Waals surface area contributed by atoms with Crippen LogP contribution in [0.4, 0.5) is 17.6 Å². The van der Waals surface area contributed by atoms with E-state index in [2.05, 4.69) is 6.92 Å². The highest BCUT2D eigenvalue weighted by Crippen LogP contribution is 2.48. The second kappa shape index (κ2) is 7.42. The minimum atomic E-state index is -4.11. The van der Waals surface area contributed by atoms with E-state index in [-0.39, 0.29) is 18.8 Å². The van der Waals surface area contributed by atoms with Crippen molar-refractivity contribution in [3.05, 3.63) is 23.8 Å². The van der Waals surface area contributed by atoms with E-state index in [1.165, 1.54) is 25.7 Å². The van der Waals surface area contributed by atoms with Gasteiger partial charge in [0.2, 0.25) is 0 Å². The lowest BCUT2D eigenvalue weighted by Gasteiger charge is -2.40. The zero-order chi connectivity index (χ0) is 18.1. The van der Waals surface area contributed by atoms with Gasteiger partial charge in [-0.15, -0.1) is 0 Å². The van der Waals surface area contributed by atoms with Gasteiger partial charge in [0.15, 0.2) is 0 Å².